The van der Waals surface area contributed by atoms with Gasteiger partial charge in [0.05, 0.1) is 19.8 Å². The standard InChI is InChI=1S/C22H31NO4/c1-22(14-25-15-22)16-27-19-9-4-6-17(12-19)13-23(18-7-2-3-8-18)21(24)20-10-5-11-26-20/h4,6,9,12,18,20H,2-3,5,7-8,10-11,13-16H2,1H3. The molecule has 148 valence electrons. The highest BCUT2D eigenvalue weighted by Crippen LogP contribution is 2.30. The molecule has 2 saturated heterocycles. The van der Waals surface area contributed by atoms with Gasteiger partial charge in [-0.15, -0.1) is 0 Å². The highest BCUT2D eigenvalue weighted by atomic mass is 16.5. The summed E-state index contributed by atoms with van der Waals surface area (Å²) in [6, 6.07) is 8.53. The smallest absolute Gasteiger partial charge is 0.252 e. The molecule has 0 radical (unpaired) electrons. The second-order valence-electron chi connectivity index (χ2n) is 8.65. The average Bonchev–Trinajstić information content (AvgIpc) is 3.36. The lowest BCUT2D eigenvalue weighted by molar-refractivity contribution is -0.144. The van der Waals surface area contributed by atoms with Gasteiger partial charge in [0, 0.05) is 24.6 Å². The fraction of sp³-hybridized carbons (Fsp3) is 0.682. The van der Waals surface area contributed by atoms with Crippen LogP contribution < -0.4 is 4.74 Å². The molecular formula is C22H31NO4. The quantitative estimate of drug-likeness (QED) is 0.733. The van der Waals surface area contributed by atoms with E-state index in [1.54, 1.807) is 0 Å². The Labute approximate surface area is 162 Å². The first-order valence-corrected chi connectivity index (χ1v) is 10.3. The Morgan fingerprint density at radius 3 is 2.70 bits per heavy atom. The van der Waals surface area contributed by atoms with Gasteiger partial charge < -0.3 is 19.1 Å². The molecule has 2 heterocycles. The summed E-state index contributed by atoms with van der Waals surface area (Å²) in [5.41, 5.74) is 1.25. The summed E-state index contributed by atoms with van der Waals surface area (Å²) in [6.45, 7) is 5.72. The van der Waals surface area contributed by atoms with Crippen molar-refractivity contribution in [2.24, 2.45) is 5.41 Å². The maximum absolute atomic E-state index is 13.1. The first-order chi connectivity index (χ1) is 13.1. The average molecular weight is 373 g/mol. The number of amides is 1. The van der Waals surface area contributed by atoms with Gasteiger partial charge in [0.15, 0.2) is 0 Å². The Morgan fingerprint density at radius 2 is 2.04 bits per heavy atom. The number of ether oxygens (including phenoxy) is 3. The monoisotopic (exact) mass is 373 g/mol. The van der Waals surface area contributed by atoms with Crippen molar-refractivity contribution in [2.45, 2.75) is 64.1 Å². The fourth-order valence-electron chi connectivity index (χ4n) is 4.28. The zero-order valence-corrected chi connectivity index (χ0v) is 16.3. The first-order valence-electron chi connectivity index (χ1n) is 10.3. The zero-order chi connectivity index (χ0) is 18.7. The van der Waals surface area contributed by atoms with Crippen LogP contribution in [0.4, 0.5) is 0 Å². The van der Waals surface area contributed by atoms with Gasteiger partial charge >= 0.3 is 0 Å². The van der Waals surface area contributed by atoms with Crippen molar-refractivity contribution >= 4 is 5.91 Å². The maximum Gasteiger partial charge on any atom is 0.252 e. The van der Waals surface area contributed by atoms with Crippen LogP contribution in [-0.2, 0) is 20.8 Å². The van der Waals surface area contributed by atoms with Gasteiger partial charge in [-0.2, -0.15) is 0 Å². The number of benzene rings is 1. The van der Waals surface area contributed by atoms with Gasteiger partial charge in [0.2, 0.25) is 0 Å². The van der Waals surface area contributed by atoms with Crippen molar-refractivity contribution in [3.8, 4) is 5.75 Å². The van der Waals surface area contributed by atoms with Crippen LogP contribution in [0.15, 0.2) is 24.3 Å². The van der Waals surface area contributed by atoms with Gasteiger partial charge in [-0.3, -0.25) is 4.79 Å². The molecular weight excluding hydrogens is 342 g/mol. The molecule has 3 fully saturated rings. The minimum atomic E-state index is -0.247. The summed E-state index contributed by atoms with van der Waals surface area (Å²) in [4.78, 5) is 15.2. The third kappa shape index (κ3) is 4.46. The van der Waals surface area contributed by atoms with Crippen LogP contribution in [-0.4, -0.2) is 49.4 Å². The van der Waals surface area contributed by atoms with Gasteiger partial charge in [-0.25, -0.2) is 0 Å². The maximum atomic E-state index is 13.1. The van der Waals surface area contributed by atoms with Gasteiger partial charge in [0.25, 0.3) is 5.91 Å². The van der Waals surface area contributed by atoms with Gasteiger partial charge in [0.1, 0.15) is 11.9 Å². The summed E-state index contributed by atoms with van der Waals surface area (Å²) < 4.78 is 17.0. The third-order valence-corrected chi connectivity index (χ3v) is 5.99. The van der Waals surface area contributed by atoms with Crippen LogP contribution in [0.1, 0.15) is 51.0 Å². The number of hydrogen-bond donors (Lipinski definition) is 0. The highest BCUT2D eigenvalue weighted by Gasteiger charge is 2.35. The first kappa shape index (κ1) is 18.8. The van der Waals surface area contributed by atoms with Crippen molar-refractivity contribution in [1.29, 1.82) is 0 Å². The van der Waals surface area contributed by atoms with E-state index < -0.39 is 0 Å². The van der Waals surface area contributed by atoms with E-state index in [-0.39, 0.29) is 17.4 Å². The number of hydrogen-bond acceptors (Lipinski definition) is 4. The molecule has 3 aliphatic rings. The molecule has 1 aliphatic carbocycles. The van der Waals surface area contributed by atoms with E-state index in [4.69, 9.17) is 14.2 Å². The Balaban J connectivity index is 1.43. The number of carbonyl (C=O) groups is 1. The van der Waals surface area contributed by atoms with E-state index in [1.165, 1.54) is 12.8 Å². The molecule has 1 amide bonds. The van der Waals surface area contributed by atoms with Crippen molar-refractivity contribution in [1.82, 2.24) is 4.90 Å². The fourth-order valence-corrected chi connectivity index (χ4v) is 4.28. The van der Waals surface area contributed by atoms with Crippen molar-refractivity contribution in [2.75, 3.05) is 26.4 Å². The topological polar surface area (TPSA) is 48.0 Å². The van der Waals surface area contributed by atoms with E-state index in [2.05, 4.69) is 24.0 Å². The summed E-state index contributed by atoms with van der Waals surface area (Å²) >= 11 is 0. The molecule has 27 heavy (non-hydrogen) atoms. The molecule has 2 aliphatic heterocycles. The molecule has 0 spiro atoms. The molecule has 1 saturated carbocycles. The Kier molecular flexibility index (Phi) is 5.69. The minimum Gasteiger partial charge on any atom is -0.493 e. The van der Waals surface area contributed by atoms with E-state index >= 15 is 0 Å². The number of rotatable bonds is 7. The van der Waals surface area contributed by atoms with Gasteiger partial charge in [-0.1, -0.05) is 31.9 Å². The van der Waals surface area contributed by atoms with Crippen LogP contribution in [0.5, 0.6) is 5.75 Å². The molecule has 0 bridgehead atoms. The van der Waals surface area contributed by atoms with E-state index in [0.717, 1.165) is 50.2 Å². The summed E-state index contributed by atoms with van der Waals surface area (Å²) in [6.07, 6.45) is 6.23. The van der Waals surface area contributed by atoms with Crippen LogP contribution in [0.3, 0.4) is 0 Å². The Hall–Kier alpha value is -1.59. The minimum absolute atomic E-state index is 0.127. The molecule has 1 aromatic carbocycles. The van der Waals surface area contributed by atoms with Crippen molar-refractivity contribution in [3.63, 3.8) is 0 Å². The van der Waals surface area contributed by atoms with E-state index in [0.29, 0.717) is 25.8 Å². The summed E-state index contributed by atoms with van der Waals surface area (Å²) in [5.74, 6) is 1.04. The summed E-state index contributed by atoms with van der Waals surface area (Å²) in [5, 5.41) is 0. The second-order valence-corrected chi connectivity index (χ2v) is 8.65. The van der Waals surface area contributed by atoms with Crippen molar-refractivity contribution in [3.05, 3.63) is 29.8 Å². The highest BCUT2D eigenvalue weighted by molar-refractivity contribution is 5.81. The largest absolute Gasteiger partial charge is 0.493 e. The third-order valence-electron chi connectivity index (χ3n) is 5.99. The van der Waals surface area contributed by atoms with Crippen LogP contribution in [0.25, 0.3) is 0 Å². The van der Waals surface area contributed by atoms with Gasteiger partial charge in [-0.05, 0) is 43.4 Å². The predicted octanol–water partition coefficient (Wildman–Crippen LogP) is 3.55. The molecule has 5 heteroatoms. The molecule has 4 rings (SSSR count). The predicted molar refractivity (Wildman–Crippen MR) is 103 cm³/mol. The lowest BCUT2D eigenvalue weighted by Gasteiger charge is -2.37. The SMILES string of the molecule is CC1(COc2cccc(CN(C(=O)C3CCCO3)C3CCCC3)c2)COC1. The normalized spacial score (nSPS) is 24.6. The second kappa shape index (κ2) is 8.19. The van der Waals surface area contributed by atoms with Crippen molar-refractivity contribution < 1.29 is 19.0 Å². The molecule has 1 unspecified atom stereocenters. The zero-order valence-electron chi connectivity index (χ0n) is 16.3. The lowest BCUT2D eigenvalue weighted by Crippen LogP contribution is -2.44. The Bertz CT molecular complexity index is 645. The molecule has 0 N–H and O–H groups in total. The van der Waals surface area contributed by atoms with Crippen LogP contribution in [0.2, 0.25) is 0 Å². The van der Waals surface area contributed by atoms with E-state index in [9.17, 15) is 4.79 Å². The summed E-state index contributed by atoms with van der Waals surface area (Å²) in [7, 11) is 0. The Morgan fingerprint density at radius 1 is 1.22 bits per heavy atom. The molecule has 5 nitrogen and oxygen atoms in total. The van der Waals surface area contributed by atoms with Crippen LogP contribution >= 0.6 is 0 Å². The number of nitrogens with zero attached hydrogens (tertiary/aromatic N) is 1. The molecule has 0 aromatic heterocycles. The number of carbonyl (C=O) groups excluding carboxylic acids is 1. The lowest BCUT2D eigenvalue weighted by atomic mass is 9.90. The molecule has 1 atom stereocenters. The molecule has 1 aromatic rings. The van der Waals surface area contributed by atoms with E-state index in [1.807, 2.05) is 12.1 Å². The van der Waals surface area contributed by atoms with Crippen LogP contribution in [0, 0.1) is 5.41 Å².